The first-order chi connectivity index (χ1) is 11.5. The molecular formula is C19H21ClN2O2. The van der Waals surface area contributed by atoms with Crippen LogP contribution in [0.1, 0.15) is 30.5 Å². The van der Waals surface area contributed by atoms with E-state index in [9.17, 15) is 9.59 Å². The van der Waals surface area contributed by atoms with E-state index < -0.39 is 0 Å². The second-order valence-electron chi connectivity index (χ2n) is 5.59. The lowest BCUT2D eigenvalue weighted by Gasteiger charge is -2.20. The summed E-state index contributed by atoms with van der Waals surface area (Å²) in [6.07, 6.45) is 0.927. The van der Waals surface area contributed by atoms with Crippen molar-refractivity contribution in [1.29, 1.82) is 0 Å². The van der Waals surface area contributed by atoms with Crippen molar-refractivity contribution in [3.8, 4) is 0 Å². The Morgan fingerprint density at radius 3 is 2.33 bits per heavy atom. The number of benzene rings is 2. The highest BCUT2D eigenvalue weighted by Gasteiger charge is 2.15. The maximum Gasteiger partial charge on any atom is 0.222 e. The summed E-state index contributed by atoms with van der Waals surface area (Å²) in [5.41, 5.74) is 2.13. The number of rotatable bonds is 7. The number of amides is 2. The summed E-state index contributed by atoms with van der Waals surface area (Å²) in [7, 11) is 0. The van der Waals surface area contributed by atoms with Gasteiger partial charge in [-0.2, -0.15) is 0 Å². The molecule has 0 radical (unpaired) electrons. The Kier molecular flexibility index (Phi) is 6.82. The maximum absolute atomic E-state index is 12.2. The number of carbonyl (C=O) groups excluding carboxylic acids is 2. The molecular weight excluding hydrogens is 324 g/mol. The molecule has 0 bridgehead atoms. The third kappa shape index (κ3) is 6.05. The number of hydrogen-bond acceptors (Lipinski definition) is 2. The molecule has 0 aliphatic carbocycles. The predicted octanol–water partition coefficient (Wildman–Crippen LogP) is 3.27. The molecule has 0 fully saturated rings. The van der Waals surface area contributed by atoms with Gasteiger partial charge in [-0.05, 0) is 29.7 Å². The molecule has 0 spiro atoms. The van der Waals surface area contributed by atoms with Gasteiger partial charge in [0.05, 0.1) is 6.04 Å². The second-order valence-corrected chi connectivity index (χ2v) is 6.03. The molecule has 0 unspecified atom stereocenters. The van der Waals surface area contributed by atoms with Crippen molar-refractivity contribution in [2.75, 3.05) is 6.54 Å². The van der Waals surface area contributed by atoms with Crippen molar-refractivity contribution in [3.63, 3.8) is 0 Å². The van der Waals surface area contributed by atoms with E-state index in [-0.39, 0.29) is 24.3 Å². The molecule has 2 rings (SSSR count). The molecule has 2 amide bonds. The van der Waals surface area contributed by atoms with Crippen LogP contribution in [0.15, 0.2) is 54.6 Å². The van der Waals surface area contributed by atoms with E-state index in [4.69, 9.17) is 11.6 Å². The molecule has 0 aliphatic heterocycles. The van der Waals surface area contributed by atoms with Gasteiger partial charge in [0.25, 0.3) is 0 Å². The van der Waals surface area contributed by atoms with E-state index >= 15 is 0 Å². The Hall–Kier alpha value is -2.33. The molecule has 4 nitrogen and oxygen atoms in total. The fraction of sp³-hybridized carbons (Fsp3) is 0.263. The van der Waals surface area contributed by atoms with Crippen molar-refractivity contribution >= 4 is 23.4 Å². The minimum absolute atomic E-state index is 0.0911. The zero-order valence-electron chi connectivity index (χ0n) is 13.6. The van der Waals surface area contributed by atoms with Crippen LogP contribution >= 0.6 is 11.6 Å². The number of hydrogen-bond donors (Lipinski definition) is 2. The molecule has 1 atom stereocenters. The zero-order valence-corrected chi connectivity index (χ0v) is 14.3. The van der Waals surface area contributed by atoms with Crippen molar-refractivity contribution in [3.05, 3.63) is 70.7 Å². The molecule has 0 aliphatic rings. The Morgan fingerprint density at radius 2 is 1.71 bits per heavy atom. The SMILES string of the molecule is CC(=O)NCCC(=O)N[C@@H](Cc1ccc(Cl)cc1)c1ccccc1. The van der Waals surface area contributed by atoms with E-state index in [0.29, 0.717) is 18.0 Å². The zero-order chi connectivity index (χ0) is 17.4. The molecule has 0 heterocycles. The third-order valence-electron chi connectivity index (χ3n) is 3.62. The Bertz CT molecular complexity index is 672. The van der Waals surface area contributed by atoms with Crippen molar-refractivity contribution in [2.24, 2.45) is 0 Å². The van der Waals surface area contributed by atoms with Crippen molar-refractivity contribution in [1.82, 2.24) is 10.6 Å². The van der Waals surface area contributed by atoms with Gasteiger partial charge in [-0.25, -0.2) is 0 Å². The summed E-state index contributed by atoms with van der Waals surface area (Å²) in [6.45, 7) is 1.77. The number of halogens is 1. The van der Waals surface area contributed by atoms with Crippen molar-refractivity contribution < 1.29 is 9.59 Å². The maximum atomic E-state index is 12.2. The van der Waals surface area contributed by atoms with E-state index in [0.717, 1.165) is 11.1 Å². The van der Waals surface area contributed by atoms with Crippen LogP contribution in [0.3, 0.4) is 0 Å². The number of carbonyl (C=O) groups is 2. The average molecular weight is 345 g/mol. The lowest BCUT2D eigenvalue weighted by atomic mass is 9.98. The first-order valence-corrected chi connectivity index (χ1v) is 8.25. The van der Waals surface area contributed by atoms with Crippen LogP contribution in [0, 0.1) is 0 Å². The van der Waals surface area contributed by atoms with E-state index in [1.807, 2.05) is 54.6 Å². The quantitative estimate of drug-likeness (QED) is 0.810. The van der Waals surface area contributed by atoms with Crippen molar-refractivity contribution in [2.45, 2.75) is 25.8 Å². The van der Waals surface area contributed by atoms with Crippen LogP contribution in [0.4, 0.5) is 0 Å². The van der Waals surface area contributed by atoms with E-state index in [1.54, 1.807) is 0 Å². The first kappa shape index (κ1) is 18.0. The molecule has 2 aromatic carbocycles. The van der Waals surface area contributed by atoms with Gasteiger partial charge >= 0.3 is 0 Å². The fourth-order valence-corrected chi connectivity index (χ4v) is 2.54. The fourth-order valence-electron chi connectivity index (χ4n) is 2.41. The first-order valence-electron chi connectivity index (χ1n) is 7.88. The summed E-state index contributed by atoms with van der Waals surface area (Å²) in [5, 5.41) is 6.37. The largest absolute Gasteiger partial charge is 0.356 e. The van der Waals surface area contributed by atoms with Gasteiger partial charge in [0.15, 0.2) is 0 Å². The lowest BCUT2D eigenvalue weighted by Crippen LogP contribution is -2.33. The summed E-state index contributed by atoms with van der Waals surface area (Å²) < 4.78 is 0. The molecule has 2 aromatic rings. The highest BCUT2D eigenvalue weighted by molar-refractivity contribution is 6.30. The predicted molar refractivity (Wildman–Crippen MR) is 95.8 cm³/mol. The summed E-state index contributed by atoms with van der Waals surface area (Å²) in [6, 6.07) is 17.3. The Balaban J connectivity index is 2.04. The van der Waals surface area contributed by atoms with Gasteiger partial charge in [-0.3, -0.25) is 9.59 Å². The van der Waals surface area contributed by atoms with Crippen LogP contribution in [-0.4, -0.2) is 18.4 Å². The topological polar surface area (TPSA) is 58.2 Å². The van der Waals surface area contributed by atoms with Crippen LogP contribution in [-0.2, 0) is 16.0 Å². The molecule has 0 saturated heterocycles. The van der Waals surface area contributed by atoms with Gasteiger partial charge in [-0.15, -0.1) is 0 Å². The highest BCUT2D eigenvalue weighted by atomic mass is 35.5. The minimum atomic E-state index is -0.136. The van der Waals surface area contributed by atoms with E-state index in [1.165, 1.54) is 6.92 Å². The van der Waals surface area contributed by atoms with Gasteiger partial charge in [-0.1, -0.05) is 54.1 Å². The molecule has 0 saturated carbocycles. The Labute approximate surface area is 147 Å². The smallest absolute Gasteiger partial charge is 0.222 e. The normalized spacial score (nSPS) is 11.6. The van der Waals surface area contributed by atoms with Gasteiger partial charge in [0.1, 0.15) is 0 Å². The summed E-state index contributed by atoms with van der Waals surface area (Å²) >= 11 is 5.93. The van der Waals surface area contributed by atoms with Gasteiger partial charge in [0, 0.05) is 24.9 Å². The van der Waals surface area contributed by atoms with E-state index in [2.05, 4.69) is 10.6 Å². The van der Waals surface area contributed by atoms with Crippen LogP contribution in [0.2, 0.25) is 5.02 Å². The molecule has 2 N–H and O–H groups in total. The Morgan fingerprint density at radius 1 is 1.04 bits per heavy atom. The standard InChI is InChI=1S/C19H21ClN2O2/c1-14(23)21-12-11-19(24)22-18(16-5-3-2-4-6-16)13-15-7-9-17(20)10-8-15/h2-10,18H,11-13H2,1H3,(H,21,23)(H,22,24)/t18-/m0/s1. The second kappa shape index (κ2) is 9.08. The van der Waals surface area contributed by atoms with Crippen LogP contribution in [0.5, 0.6) is 0 Å². The van der Waals surface area contributed by atoms with Gasteiger partial charge < -0.3 is 10.6 Å². The molecule has 5 heteroatoms. The summed E-state index contributed by atoms with van der Waals surface area (Å²) in [4.78, 5) is 23.1. The lowest BCUT2D eigenvalue weighted by molar-refractivity contribution is -0.122. The molecule has 126 valence electrons. The highest BCUT2D eigenvalue weighted by Crippen LogP contribution is 2.20. The third-order valence-corrected chi connectivity index (χ3v) is 3.87. The summed E-state index contributed by atoms with van der Waals surface area (Å²) in [5.74, 6) is -0.227. The molecule has 0 aromatic heterocycles. The average Bonchev–Trinajstić information content (AvgIpc) is 2.57. The van der Waals surface area contributed by atoms with Crippen LogP contribution in [0.25, 0.3) is 0 Å². The monoisotopic (exact) mass is 344 g/mol. The van der Waals surface area contributed by atoms with Crippen LogP contribution < -0.4 is 10.6 Å². The minimum Gasteiger partial charge on any atom is -0.356 e. The van der Waals surface area contributed by atoms with Gasteiger partial charge in [0.2, 0.25) is 11.8 Å². The molecule has 24 heavy (non-hydrogen) atoms. The number of nitrogens with one attached hydrogen (secondary N) is 2.